The fourth-order valence-corrected chi connectivity index (χ4v) is 3.77. The molecule has 148 valence electrons. The highest BCUT2D eigenvalue weighted by molar-refractivity contribution is 7.89. The van der Waals surface area contributed by atoms with E-state index < -0.39 is 10.0 Å². The fourth-order valence-electron chi connectivity index (χ4n) is 2.32. The molecule has 0 aliphatic rings. The van der Waals surface area contributed by atoms with Crippen LogP contribution in [0.25, 0.3) is 0 Å². The van der Waals surface area contributed by atoms with Crippen LogP contribution in [0.3, 0.4) is 0 Å². The van der Waals surface area contributed by atoms with Gasteiger partial charge in [-0.25, -0.2) is 17.7 Å². The molecule has 0 atom stereocenters. The Kier molecular flexibility index (Phi) is 7.76. The van der Waals surface area contributed by atoms with E-state index >= 15 is 0 Å². The lowest BCUT2D eigenvalue weighted by molar-refractivity contribution is 0.0952. The molecule has 0 radical (unpaired) electrons. The van der Waals surface area contributed by atoms with E-state index in [0.717, 1.165) is 10.7 Å². The lowest BCUT2D eigenvalue weighted by atomic mass is 10.2. The van der Waals surface area contributed by atoms with Crippen molar-refractivity contribution in [3.05, 3.63) is 45.9 Å². The highest BCUT2D eigenvalue weighted by atomic mass is 32.2. The third-order valence-corrected chi connectivity index (χ3v) is 6.61. The second kappa shape index (κ2) is 9.82. The second-order valence-corrected chi connectivity index (χ2v) is 9.43. The highest BCUT2D eigenvalue weighted by Crippen LogP contribution is 2.16. The standard InChI is InChI=1S/C18H25N3O4S2/c1-4-27(23,24)21(3)10-6-9-19-18(22)15-7-5-8-17(11-15)25-12-16-13-26-14(2)20-16/h5,7-8,11,13H,4,6,9-10,12H2,1-3H3,(H,19,22). The molecule has 1 aromatic carbocycles. The molecule has 1 aromatic heterocycles. The van der Waals surface area contributed by atoms with Gasteiger partial charge in [-0.1, -0.05) is 6.07 Å². The van der Waals surface area contributed by atoms with Crippen LogP contribution in [0.5, 0.6) is 5.75 Å². The van der Waals surface area contributed by atoms with E-state index in [9.17, 15) is 13.2 Å². The summed E-state index contributed by atoms with van der Waals surface area (Å²) in [7, 11) is -1.64. The summed E-state index contributed by atoms with van der Waals surface area (Å²) in [4.78, 5) is 16.6. The third-order valence-electron chi connectivity index (χ3n) is 3.92. The van der Waals surface area contributed by atoms with Gasteiger partial charge in [0, 0.05) is 31.1 Å². The smallest absolute Gasteiger partial charge is 0.251 e. The summed E-state index contributed by atoms with van der Waals surface area (Å²) in [6.07, 6.45) is 0.542. The van der Waals surface area contributed by atoms with Gasteiger partial charge in [0.15, 0.2) is 0 Å². The highest BCUT2D eigenvalue weighted by Gasteiger charge is 2.14. The summed E-state index contributed by atoms with van der Waals surface area (Å²) >= 11 is 1.57. The number of carbonyl (C=O) groups is 1. The first-order chi connectivity index (χ1) is 12.8. The largest absolute Gasteiger partial charge is 0.487 e. The fraction of sp³-hybridized carbons (Fsp3) is 0.444. The average Bonchev–Trinajstić information content (AvgIpc) is 3.08. The summed E-state index contributed by atoms with van der Waals surface area (Å²) in [6.45, 7) is 4.67. The number of rotatable bonds is 10. The Hall–Kier alpha value is -1.97. The molecule has 0 unspecified atom stereocenters. The predicted octanol–water partition coefficient (Wildman–Crippen LogP) is 2.43. The third kappa shape index (κ3) is 6.60. The lowest BCUT2D eigenvalue weighted by Gasteiger charge is -2.15. The average molecular weight is 412 g/mol. The summed E-state index contributed by atoms with van der Waals surface area (Å²) in [5.41, 5.74) is 1.36. The molecule has 0 fully saturated rings. The van der Waals surface area contributed by atoms with Gasteiger partial charge in [0.1, 0.15) is 12.4 Å². The predicted molar refractivity (Wildman–Crippen MR) is 107 cm³/mol. The Morgan fingerprint density at radius 2 is 2.15 bits per heavy atom. The van der Waals surface area contributed by atoms with Gasteiger partial charge in [-0.05, 0) is 38.5 Å². The Balaban J connectivity index is 1.80. The number of aryl methyl sites for hydroxylation is 1. The molecule has 1 heterocycles. The molecule has 2 aromatic rings. The van der Waals surface area contributed by atoms with E-state index in [2.05, 4.69) is 10.3 Å². The molecule has 0 spiro atoms. The van der Waals surface area contributed by atoms with Crippen LogP contribution < -0.4 is 10.1 Å². The van der Waals surface area contributed by atoms with Gasteiger partial charge in [-0.3, -0.25) is 4.79 Å². The zero-order valence-corrected chi connectivity index (χ0v) is 17.4. The summed E-state index contributed by atoms with van der Waals surface area (Å²) < 4.78 is 30.4. The maximum Gasteiger partial charge on any atom is 0.251 e. The van der Waals surface area contributed by atoms with E-state index in [4.69, 9.17) is 4.74 Å². The number of hydrogen-bond donors (Lipinski definition) is 1. The molecular formula is C18H25N3O4S2. The van der Waals surface area contributed by atoms with Crippen molar-refractivity contribution in [1.82, 2.24) is 14.6 Å². The van der Waals surface area contributed by atoms with Crippen molar-refractivity contribution in [2.45, 2.75) is 26.9 Å². The number of amides is 1. The van der Waals surface area contributed by atoms with E-state index in [1.54, 1.807) is 49.6 Å². The van der Waals surface area contributed by atoms with Crippen LogP contribution in [0.2, 0.25) is 0 Å². The summed E-state index contributed by atoms with van der Waals surface area (Å²) in [5.74, 6) is 0.455. The molecule has 0 bridgehead atoms. The van der Waals surface area contributed by atoms with Crippen molar-refractivity contribution >= 4 is 27.3 Å². The lowest BCUT2D eigenvalue weighted by Crippen LogP contribution is -2.32. The minimum absolute atomic E-state index is 0.0725. The molecule has 2 rings (SSSR count). The first-order valence-electron chi connectivity index (χ1n) is 8.68. The van der Waals surface area contributed by atoms with Crippen molar-refractivity contribution in [3.8, 4) is 5.75 Å². The minimum atomic E-state index is -3.18. The quantitative estimate of drug-likeness (QED) is 0.607. The van der Waals surface area contributed by atoms with Gasteiger partial charge in [-0.15, -0.1) is 11.3 Å². The number of aromatic nitrogens is 1. The zero-order valence-electron chi connectivity index (χ0n) is 15.8. The molecule has 1 amide bonds. The molecule has 1 N–H and O–H groups in total. The minimum Gasteiger partial charge on any atom is -0.487 e. The van der Waals surface area contributed by atoms with Gasteiger partial charge in [0.05, 0.1) is 16.5 Å². The summed E-state index contributed by atoms with van der Waals surface area (Å²) in [5, 5.41) is 5.73. The van der Waals surface area contributed by atoms with Crippen LogP contribution in [0.1, 0.15) is 34.4 Å². The van der Waals surface area contributed by atoms with E-state index in [0.29, 0.717) is 37.4 Å². The second-order valence-electron chi connectivity index (χ2n) is 6.01. The van der Waals surface area contributed by atoms with E-state index in [-0.39, 0.29) is 11.7 Å². The van der Waals surface area contributed by atoms with Crippen LogP contribution in [0.4, 0.5) is 0 Å². The van der Waals surface area contributed by atoms with Crippen LogP contribution >= 0.6 is 11.3 Å². The monoisotopic (exact) mass is 411 g/mol. The van der Waals surface area contributed by atoms with Crippen molar-refractivity contribution in [1.29, 1.82) is 0 Å². The van der Waals surface area contributed by atoms with Crippen molar-refractivity contribution in [3.63, 3.8) is 0 Å². The SMILES string of the molecule is CCS(=O)(=O)N(C)CCCNC(=O)c1cccc(OCc2csc(C)n2)c1. The Morgan fingerprint density at radius 3 is 2.81 bits per heavy atom. The van der Waals surface area contributed by atoms with Crippen molar-refractivity contribution in [2.24, 2.45) is 0 Å². The van der Waals surface area contributed by atoms with E-state index in [1.807, 2.05) is 12.3 Å². The first kappa shape index (κ1) is 21.3. The molecule has 0 saturated heterocycles. The molecular weight excluding hydrogens is 386 g/mol. The number of carbonyl (C=O) groups excluding carboxylic acids is 1. The van der Waals surface area contributed by atoms with Gasteiger partial charge < -0.3 is 10.1 Å². The molecule has 0 aliphatic heterocycles. The molecule has 0 saturated carbocycles. The number of benzene rings is 1. The first-order valence-corrected chi connectivity index (χ1v) is 11.2. The maximum atomic E-state index is 12.3. The number of hydrogen-bond acceptors (Lipinski definition) is 6. The normalized spacial score (nSPS) is 11.6. The maximum absolute atomic E-state index is 12.3. The van der Waals surface area contributed by atoms with Crippen LogP contribution in [-0.2, 0) is 16.6 Å². The topological polar surface area (TPSA) is 88.6 Å². The van der Waals surface area contributed by atoms with E-state index in [1.165, 1.54) is 4.31 Å². The van der Waals surface area contributed by atoms with Crippen LogP contribution in [0, 0.1) is 6.92 Å². The van der Waals surface area contributed by atoms with Crippen molar-refractivity contribution in [2.75, 3.05) is 25.9 Å². The molecule has 0 aliphatic carbocycles. The van der Waals surface area contributed by atoms with Gasteiger partial charge in [0.2, 0.25) is 10.0 Å². The Morgan fingerprint density at radius 1 is 1.37 bits per heavy atom. The van der Waals surface area contributed by atoms with Gasteiger partial charge in [0.25, 0.3) is 5.91 Å². The van der Waals surface area contributed by atoms with Crippen LogP contribution in [0.15, 0.2) is 29.6 Å². The number of thiazole rings is 1. The van der Waals surface area contributed by atoms with Gasteiger partial charge in [-0.2, -0.15) is 0 Å². The zero-order chi connectivity index (χ0) is 19.9. The molecule has 9 heteroatoms. The van der Waals surface area contributed by atoms with Crippen molar-refractivity contribution < 1.29 is 17.9 Å². The Bertz CT molecular complexity index is 865. The molecule has 7 nitrogen and oxygen atoms in total. The number of nitrogens with zero attached hydrogens (tertiary/aromatic N) is 2. The van der Waals surface area contributed by atoms with Gasteiger partial charge >= 0.3 is 0 Å². The number of nitrogens with one attached hydrogen (secondary N) is 1. The van der Waals surface area contributed by atoms with Crippen LogP contribution in [-0.4, -0.2) is 49.5 Å². The number of sulfonamides is 1. The number of ether oxygens (including phenoxy) is 1. The Labute approximate surface area is 164 Å². The summed E-state index contributed by atoms with van der Waals surface area (Å²) in [6, 6.07) is 6.95. The molecule has 27 heavy (non-hydrogen) atoms.